The van der Waals surface area contributed by atoms with E-state index < -0.39 is 5.82 Å². The summed E-state index contributed by atoms with van der Waals surface area (Å²) in [6.45, 7) is 1.88. The third-order valence-electron chi connectivity index (χ3n) is 5.46. The average molecular weight is 556 g/mol. The number of aromatic nitrogens is 2. The van der Waals surface area contributed by atoms with Crippen LogP contribution in [0, 0.1) is 24.2 Å². The molecule has 4 rings (SSSR count). The molecule has 1 spiro atoms. The predicted octanol–water partition coefficient (Wildman–Crippen LogP) is 3.94. The summed E-state index contributed by atoms with van der Waals surface area (Å²) in [5.74, 6) is 0.712. The van der Waals surface area contributed by atoms with Gasteiger partial charge >= 0.3 is 21.1 Å². The van der Waals surface area contributed by atoms with Gasteiger partial charge in [0.15, 0.2) is 5.82 Å². The first kappa shape index (κ1) is 22.5. The van der Waals surface area contributed by atoms with Crippen molar-refractivity contribution in [2.24, 2.45) is 5.41 Å². The van der Waals surface area contributed by atoms with Crippen LogP contribution in [-0.4, -0.2) is 34.3 Å². The molecule has 1 aromatic carbocycles. The van der Waals surface area contributed by atoms with Gasteiger partial charge in [0.25, 0.3) is 0 Å². The zero-order chi connectivity index (χ0) is 18.3. The molecule has 0 atom stereocenters. The average Bonchev–Trinajstić information content (AvgIpc) is 2.55. The Bertz CT molecular complexity index is 822. The summed E-state index contributed by atoms with van der Waals surface area (Å²) in [7, 11) is 1.83. The number of aliphatic hydroxyl groups is 1. The molecule has 0 bridgehead atoms. The number of aliphatic hydroxyl groups excluding tert-OH is 1. The number of benzene rings is 1. The minimum Gasteiger partial charge on any atom is -0.693 e. The van der Waals surface area contributed by atoms with E-state index in [0.29, 0.717) is 23.1 Å². The van der Waals surface area contributed by atoms with Crippen molar-refractivity contribution >= 4 is 23.1 Å². The maximum Gasteiger partial charge on any atom is 2.00 e. The van der Waals surface area contributed by atoms with Gasteiger partial charge in [-0.05, 0) is 31.1 Å². The maximum absolute atomic E-state index is 13.4. The van der Waals surface area contributed by atoms with E-state index in [1.54, 1.807) is 12.3 Å². The zero-order valence-electron chi connectivity index (χ0n) is 15.9. The molecule has 2 fully saturated rings. The molecule has 2 aliphatic carbocycles. The number of anilines is 4. The van der Waals surface area contributed by atoms with Crippen LogP contribution in [-0.2, 0) is 21.1 Å². The normalized spacial score (nSPS) is 24.9. The van der Waals surface area contributed by atoms with Gasteiger partial charge in [-0.1, -0.05) is 12.6 Å². The molecule has 1 aromatic heterocycles. The van der Waals surface area contributed by atoms with Gasteiger partial charge in [-0.15, -0.1) is 17.7 Å². The van der Waals surface area contributed by atoms with Crippen molar-refractivity contribution in [3.05, 3.63) is 41.9 Å². The van der Waals surface area contributed by atoms with Crippen molar-refractivity contribution in [3.8, 4) is 0 Å². The molecule has 0 radical (unpaired) electrons. The van der Waals surface area contributed by atoms with Crippen LogP contribution in [0.4, 0.5) is 27.5 Å². The van der Waals surface area contributed by atoms with Crippen molar-refractivity contribution in [1.82, 2.24) is 9.97 Å². The molecule has 6 N–H and O–H groups in total. The molecule has 1 heterocycles. The fourth-order valence-corrected chi connectivity index (χ4v) is 4.08. The van der Waals surface area contributed by atoms with Crippen LogP contribution >= 0.6 is 0 Å². The maximum atomic E-state index is 13.4. The van der Waals surface area contributed by atoms with Crippen molar-refractivity contribution in [3.63, 3.8) is 0 Å². The molecule has 0 unspecified atom stereocenters. The second-order valence-electron chi connectivity index (χ2n) is 7.52. The number of hydrogen-bond acceptors (Lipinski definition) is 6. The van der Waals surface area contributed by atoms with Crippen molar-refractivity contribution in [2.45, 2.75) is 44.8 Å². The molecular formula is C19H25FN6OW. The largest absolute Gasteiger partial charge is 2.00 e. The van der Waals surface area contributed by atoms with Gasteiger partial charge in [0.05, 0.1) is 18.0 Å². The monoisotopic (exact) mass is 556 g/mol. The Morgan fingerprint density at radius 2 is 1.96 bits per heavy atom. The smallest absolute Gasteiger partial charge is 0.693 e. The van der Waals surface area contributed by atoms with Gasteiger partial charge in [0, 0.05) is 18.9 Å². The van der Waals surface area contributed by atoms with Gasteiger partial charge in [0.1, 0.15) is 0 Å². The van der Waals surface area contributed by atoms with Crippen LogP contribution in [0.1, 0.15) is 31.2 Å². The summed E-state index contributed by atoms with van der Waals surface area (Å²) in [6.07, 6.45) is 5.52. The number of rotatable bonds is 5. The summed E-state index contributed by atoms with van der Waals surface area (Å²) in [4.78, 5) is 8.86. The third kappa shape index (κ3) is 4.45. The van der Waals surface area contributed by atoms with E-state index in [4.69, 9.17) is 0 Å². The summed E-state index contributed by atoms with van der Waals surface area (Å²) in [6, 6.07) is 5.86. The third-order valence-corrected chi connectivity index (χ3v) is 5.46. The van der Waals surface area contributed by atoms with E-state index >= 15 is 0 Å². The quantitative estimate of drug-likeness (QED) is 0.415. The predicted molar refractivity (Wildman–Crippen MR) is 104 cm³/mol. The number of halogens is 1. The Kier molecular flexibility index (Phi) is 7.01. The minimum atomic E-state index is -0.425. The van der Waals surface area contributed by atoms with Crippen molar-refractivity contribution in [2.75, 3.05) is 23.0 Å². The molecule has 9 heteroatoms. The fraction of sp³-hybridized carbons (Fsp3) is 0.474. The SMILES string of the molecule is CNc1cnc(Nc2cc(F)[c-]cc2C)nc1NC1CC2(CC(O)C2)C1.[NH2-].[W+2]. The number of nitrogens with zero attached hydrogens (tertiary/aromatic N) is 2. The molecule has 7 nitrogen and oxygen atoms in total. The summed E-state index contributed by atoms with van der Waals surface area (Å²) < 4.78 is 13.4. The first-order chi connectivity index (χ1) is 12.5. The summed E-state index contributed by atoms with van der Waals surface area (Å²) >= 11 is 0. The van der Waals surface area contributed by atoms with Gasteiger partial charge in [-0.3, -0.25) is 0 Å². The molecule has 0 saturated heterocycles. The first-order valence-corrected chi connectivity index (χ1v) is 8.91. The number of hydrogen-bond donors (Lipinski definition) is 4. The summed E-state index contributed by atoms with van der Waals surface area (Å²) in [5, 5.41) is 19.2. The van der Waals surface area contributed by atoms with Crippen LogP contribution in [0.3, 0.4) is 0 Å². The fourth-order valence-electron chi connectivity index (χ4n) is 4.08. The second-order valence-corrected chi connectivity index (χ2v) is 7.52. The standard InChI is InChI=1S/C19H23FN5O.H2N.W/c1-11-3-4-12(20)5-15(11)24-18-22-10-16(21-2)17(25-18)23-13-6-19(7-13)8-14(26)9-19;;/h3,5,10,13-14,21,26H,6-9H2,1-2H3,(H2,22,23,24,25);1H2;/q2*-1;+2. The molecule has 2 aromatic rings. The van der Waals surface area contributed by atoms with E-state index in [0.717, 1.165) is 42.8 Å². The second kappa shape index (κ2) is 8.72. The van der Waals surface area contributed by atoms with Crippen LogP contribution in [0.25, 0.3) is 6.15 Å². The Morgan fingerprint density at radius 3 is 2.61 bits per heavy atom. The van der Waals surface area contributed by atoms with E-state index in [-0.39, 0.29) is 33.3 Å². The minimum absolute atomic E-state index is 0. The molecule has 0 amide bonds. The van der Waals surface area contributed by atoms with Crippen molar-refractivity contribution < 1.29 is 30.6 Å². The van der Waals surface area contributed by atoms with E-state index in [1.807, 2.05) is 14.0 Å². The number of nitrogens with two attached hydrogens (primary N) is 1. The van der Waals surface area contributed by atoms with E-state index in [2.05, 4.69) is 32.0 Å². The van der Waals surface area contributed by atoms with Crippen LogP contribution < -0.4 is 16.0 Å². The Labute approximate surface area is 178 Å². The van der Waals surface area contributed by atoms with Crippen LogP contribution in [0.15, 0.2) is 18.3 Å². The number of nitrogens with one attached hydrogen (secondary N) is 3. The van der Waals surface area contributed by atoms with Crippen molar-refractivity contribution in [1.29, 1.82) is 0 Å². The Balaban J connectivity index is 0.00000140. The molecule has 2 saturated carbocycles. The van der Waals surface area contributed by atoms with Gasteiger partial charge in [-0.25, -0.2) is 9.37 Å². The molecule has 28 heavy (non-hydrogen) atoms. The van der Waals surface area contributed by atoms with E-state index in [9.17, 15) is 9.50 Å². The Hall–Kier alpha value is -1.76. The first-order valence-electron chi connectivity index (χ1n) is 8.91. The van der Waals surface area contributed by atoms with Crippen LogP contribution in [0.5, 0.6) is 0 Å². The van der Waals surface area contributed by atoms with Gasteiger partial charge < -0.3 is 27.2 Å². The van der Waals surface area contributed by atoms with Gasteiger partial charge in [0.2, 0.25) is 5.95 Å². The molecule has 0 aliphatic heterocycles. The summed E-state index contributed by atoms with van der Waals surface area (Å²) in [5.41, 5.74) is 2.64. The van der Waals surface area contributed by atoms with Gasteiger partial charge in [-0.2, -0.15) is 11.1 Å². The molecular weight excluding hydrogens is 531 g/mol. The van der Waals surface area contributed by atoms with E-state index in [1.165, 1.54) is 6.07 Å². The Morgan fingerprint density at radius 1 is 1.25 bits per heavy atom. The topological polar surface area (TPSA) is 116 Å². The molecule has 150 valence electrons. The zero-order valence-corrected chi connectivity index (χ0v) is 18.9. The van der Waals surface area contributed by atoms with Crippen LogP contribution in [0.2, 0.25) is 0 Å². The molecule has 2 aliphatic rings. The number of aryl methyl sites for hydroxylation is 1.